The molecular formula is C21H22N3OS2+. The lowest BCUT2D eigenvalue weighted by Gasteiger charge is -2.14. The smallest absolute Gasteiger partial charge is 0.260 e. The lowest BCUT2D eigenvalue weighted by Crippen LogP contribution is -2.85. The van der Waals surface area contributed by atoms with Gasteiger partial charge in [0, 0.05) is 21.7 Å². The number of hydrogen-bond acceptors (Lipinski definition) is 4. The second-order valence-corrected chi connectivity index (χ2v) is 8.64. The predicted octanol–water partition coefficient (Wildman–Crippen LogP) is 4.14. The number of aromatic amines is 1. The van der Waals surface area contributed by atoms with Crippen LogP contribution in [-0.4, -0.2) is 16.5 Å². The molecule has 3 aromatic heterocycles. The van der Waals surface area contributed by atoms with Gasteiger partial charge in [0.1, 0.15) is 10.9 Å². The molecule has 0 saturated carbocycles. The molecule has 0 bridgehead atoms. The number of fused-ring (bicyclic) bond motifs is 1. The molecule has 0 aliphatic rings. The van der Waals surface area contributed by atoms with Crippen molar-refractivity contribution in [2.45, 2.75) is 25.8 Å². The Morgan fingerprint density at radius 2 is 1.93 bits per heavy atom. The van der Waals surface area contributed by atoms with Gasteiger partial charge in [0.2, 0.25) is 0 Å². The highest BCUT2D eigenvalue weighted by molar-refractivity contribution is 7.18. The number of nitrogens with zero attached hydrogens (tertiary/aromatic N) is 1. The molecule has 0 radical (unpaired) electrons. The molecule has 2 atom stereocenters. The molecule has 0 aliphatic carbocycles. The second kappa shape index (κ2) is 7.76. The van der Waals surface area contributed by atoms with E-state index < -0.39 is 0 Å². The fourth-order valence-corrected chi connectivity index (χ4v) is 5.00. The summed E-state index contributed by atoms with van der Waals surface area (Å²) in [5.74, 6) is 1.18. The van der Waals surface area contributed by atoms with Crippen LogP contribution in [0.15, 0.2) is 58.0 Å². The van der Waals surface area contributed by atoms with Crippen molar-refractivity contribution < 1.29 is 5.32 Å². The lowest BCUT2D eigenvalue weighted by atomic mass is 10.0. The quantitative estimate of drug-likeness (QED) is 0.514. The van der Waals surface area contributed by atoms with Gasteiger partial charge in [-0.2, -0.15) is 0 Å². The van der Waals surface area contributed by atoms with Crippen LogP contribution in [0, 0.1) is 0 Å². The highest BCUT2D eigenvalue weighted by Gasteiger charge is 2.18. The molecule has 4 rings (SSSR count). The second-order valence-electron chi connectivity index (χ2n) is 6.83. The van der Waals surface area contributed by atoms with Gasteiger partial charge in [0.05, 0.1) is 11.9 Å². The van der Waals surface area contributed by atoms with Gasteiger partial charge in [-0.05, 0) is 23.9 Å². The summed E-state index contributed by atoms with van der Waals surface area (Å²) in [6.45, 7) is 5.26. The predicted molar refractivity (Wildman–Crippen MR) is 114 cm³/mol. The number of aromatic nitrogens is 2. The van der Waals surface area contributed by atoms with Crippen LogP contribution in [0.1, 0.15) is 37.2 Å². The SMILES string of the molecule is C[C@H](C[NH2+][C@@H](C)c1nc2scc(-c3cccs3)c2c(=O)[nH]1)c1ccccc1. The molecule has 0 unspecified atom stereocenters. The Morgan fingerprint density at radius 3 is 2.67 bits per heavy atom. The topological polar surface area (TPSA) is 62.4 Å². The number of thiophene rings is 2. The Morgan fingerprint density at radius 1 is 1.11 bits per heavy atom. The van der Waals surface area contributed by atoms with Gasteiger partial charge in [-0.25, -0.2) is 4.98 Å². The summed E-state index contributed by atoms with van der Waals surface area (Å²) in [5, 5.41) is 7.01. The van der Waals surface area contributed by atoms with Crippen LogP contribution < -0.4 is 10.9 Å². The lowest BCUT2D eigenvalue weighted by molar-refractivity contribution is -0.695. The molecule has 138 valence electrons. The number of H-pyrrole nitrogens is 1. The minimum Gasteiger partial charge on any atom is -0.337 e. The average molecular weight is 397 g/mol. The highest BCUT2D eigenvalue weighted by atomic mass is 32.1. The number of nitrogens with two attached hydrogens (primary N) is 1. The van der Waals surface area contributed by atoms with E-state index in [1.165, 1.54) is 5.56 Å². The molecule has 0 spiro atoms. The maximum Gasteiger partial charge on any atom is 0.260 e. The summed E-state index contributed by atoms with van der Waals surface area (Å²) in [6.07, 6.45) is 0. The van der Waals surface area contributed by atoms with Crippen LogP contribution in [0.4, 0.5) is 0 Å². The molecule has 27 heavy (non-hydrogen) atoms. The molecule has 0 fully saturated rings. The zero-order valence-corrected chi connectivity index (χ0v) is 16.9. The summed E-state index contributed by atoms with van der Waals surface area (Å²) < 4.78 is 0. The monoisotopic (exact) mass is 396 g/mol. The first-order valence-corrected chi connectivity index (χ1v) is 10.8. The summed E-state index contributed by atoms with van der Waals surface area (Å²) in [5.41, 5.74) is 2.27. The van der Waals surface area contributed by atoms with E-state index in [0.29, 0.717) is 11.3 Å². The van der Waals surface area contributed by atoms with Crippen LogP contribution in [-0.2, 0) is 0 Å². The highest BCUT2D eigenvalue weighted by Crippen LogP contribution is 2.33. The van der Waals surface area contributed by atoms with E-state index in [-0.39, 0.29) is 11.6 Å². The van der Waals surface area contributed by atoms with Crippen LogP contribution in [0.3, 0.4) is 0 Å². The third-order valence-corrected chi connectivity index (χ3v) is 6.67. The van der Waals surface area contributed by atoms with Crippen molar-refractivity contribution in [2.24, 2.45) is 0 Å². The van der Waals surface area contributed by atoms with Crippen molar-refractivity contribution in [3.63, 3.8) is 0 Å². The zero-order valence-electron chi connectivity index (χ0n) is 15.3. The molecule has 4 aromatic rings. The van der Waals surface area contributed by atoms with Crippen LogP contribution in [0.25, 0.3) is 20.7 Å². The van der Waals surface area contributed by atoms with E-state index >= 15 is 0 Å². The van der Waals surface area contributed by atoms with E-state index in [1.807, 2.05) is 29.0 Å². The first kappa shape index (κ1) is 18.1. The third kappa shape index (κ3) is 3.74. The molecule has 3 N–H and O–H groups in total. The normalized spacial score (nSPS) is 13.7. The van der Waals surface area contributed by atoms with Crippen LogP contribution >= 0.6 is 22.7 Å². The van der Waals surface area contributed by atoms with Crippen molar-refractivity contribution in [1.82, 2.24) is 9.97 Å². The minimum atomic E-state index is -0.0454. The number of quaternary nitrogens is 1. The van der Waals surface area contributed by atoms with E-state index in [4.69, 9.17) is 4.98 Å². The van der Waals surface area contributed by atoms with Gasteiger partial charge in [-0.1, -0.05) is 43.3 Å². The fraction of sp³-hybridized carbons (Fsp3) is 0.238. The van der Waals surface area contributed by atoms with E-state index in [9.17, 15) is 4.79 Å². The number of rotatable bonds is 6. The molecule has 0 amide bonds. The van der Waals surface area contributed by atoms with Gasteiger partial charge < -0.3 is 10.3 Å². The van der Waals surface area contributed by atoms with Crippen LogP contribution in [0.2, 0.25) is 0 Å². The zero-order chi connectivity index (χ0) is 18.8. The molecule has 1 aromatic carbocycles. The summed E-state index contributed by atoms with van der Waals surface area (Å²) >= 11 is 3.18. The van der Waals surface area contributed by atoms with Crippen molar-refractivity contribution in [1.29, 1.82) is 0 Å². The third-order valence-electron chi connectivity index (χ3n) is 4.89. The number of nitrogens with one attached hydrogen (secondary N) is 1. The summed E-state index contributed by atoms with van der Waals surface area (Å²) in [7, 11) is 0. The fourth-order valence-electron chi connectivity index (χ4n) is 3.23. The largest absolute Gasteiger partial charge is 0.337 e. The van der Waals surface area contributed by atoms with Gasteiger partial charge >= 0.3 is 0 Å². The Hall–Kier alpha value is -2.28. The molecule has 6 heteroatoms. The van der Waals surface area contributed by atoms with Crippen molar-refractivity contribution in [3.05, 3.63) is 75.0 Å². The van der Waals surface area contributed by atoms with Gasteiger partial charge in [0.25, 0.3) is 5.56 Å². The van der Waals surface area contributed by atoms with Gasteiger partial charge in [-0.15, -0.1) is 22.7 Å². The minimum absolute atomic E-state index is 0.0454. The molecule has 4 nitrogen and oxygen atoms in total. The van der Waals surface area contributed by atoms with Crippen molar-refractivity contribution in [3.8, 4) is 10.4 Å². The summed E-state index contributed by atoms with van der Waals surface area (Å²) in [4.78, 5) is 22.4. The van der Waals surface area contributed by atoms with Gasteiger partial charge in [0.15, 0.2) is 5.82 Å². The van der Waals surface area contributed by atoms with Gasteiger partial charge in [-0.3, -0.25) is 4.79 Å². The maximum absolute atomic E-state index is 12.7. The van der Waals surface area contributed by atoms with Crippen molar-refractivity contribution >= 4 is 32.9 Å². The first-order valence-electron chi connectivity index (χ1n) is 9.07. The number of benzene rings is 1. The van der Waals surface area contributed by atoms with E-state index in [0.717, 1.165) is 27.6 Å². The average Bonchev–Trinajstić information content (AvgIpc) is 3.36. The Kier molecular flexibility index (Phi) is 5.20. The Balaban J connectivity index is 1.54. The Labute approximate surface area is 165 Å². The van der Waals surface area contributed by atoms with E-state index in [2.05, 4.69) is 48.4 Å². The summed E-state index contributed by atoms with van der Waals surface area (Å²) in [6, 6.07) is 14.7. The molecule has 0 aliphatic heterocycles. The van der Waals surface area contributed by atoms with E-state index in [1.54, 1.807) is 22.7 Å². The molecule has 0 saturated heterocycles. The maximum atomic E-state index is 12.7. The van der Waals surface area contributed by atoms with Crippen molar-refractivity contribution in [2.75, 3.05) is 6.54 Å². The molecular weight excluding hydrogens is 374 g/mol. The first-order chi connectivity index (χ1) is 13.1. The molecule has 3 heterocycles. The standard InChI is InChI=1S/C21H21N3OS2/c1-13(15-7-4-3-5-8-15)11-22-14(2)19-23-20(25)18-16(12-27-21(18)24-19)17-9-6-10-26-17/h3-10,12-14,22H,11H2,1-2H3,(H,23,24,25)/p+1/t13-,14+/m1/s1. The number of hydrogen-bond donors (Lipinski definition) is 2. The van der Waals surface area contributed by atoms with Crippen LogP contribution in [0.5, 0.6) is 0 Å². The Bertz CT molecular complexity index is 1080.